The Kier molecular flexibility index (Phi) is 5.17. The number of aryl methyl sites for hydroxylation is 2. The molecule has 0 amide bonds. The van der Waals surface area contributed by atoms with E-state index < -0.39 is 26.2 Å². The maximum atomic E-state index is 12.4. The van der Waals surface area contributed by atoms with Gasteiger partial charge in [0.15, 0.2) is 4.90 Å². The molecular weight excluding hydrogens is 318 g/mol. The van der Waals surface area contributed by atoms with Gasteiger partial charge in [0.2, 0.25) is 10.0 Å². The number of aromatic nitrogens is 2. The van der Waals surface area contributed by atoms with Crippen molar-refractivity contribution in [3.8, 4) is 0 Å². The zero-order valence-corrected chi connectivity index (χ0v) is 13.7. The summed E-state index contributed by atoms with van der Waals surface area (Å²) in [6, 6.07) is 9.35. The third-order valence-corrected chi connectivity index (χ3v) is 5.15. The van der Waals surface area contributed by atoms with Gasteiger partial charge in [-0.2, -0.15) is 0 Å². The maximum Gasteiger partial charge on any atom is 0.325 e. The Morgan fingerprint density at radius 1 is 1.13 bits per heavy atom. The van der Waals surface area contributed by atoms with E-state index in [4.69, 9.17) is 0 Å². The van der Waals surface area contributed by atoms with Crippen LogP contribution in [0.4, 0.5) is 0 Å². The van der Waals surface area contributed by atoms with E-state index in [2.05, 4.69) is 9.71 Å². The van der Waals surface area contributed by atoms with Gasteiger partial charge in [-0.05, 0) is 32.3 Å². The molecule has 2 aromatic rings. The van der Waals surface area contributed by atoms with Crippen molar-refractivity contribution in [1.82, 2.24) is 14.7 Å². The monoisotopic (exact) mass is 337 g/mol. The van der Waals surface area contributed by atoms with Gasteiger partial charge in [-0.15, -0.1) is 0 Å². The Balaban J connectivity index is 2.12. The molecule has 0 fully saturated rings. The van der Waals surface area contributed by atoms with Crippen molar-refractivity contribution in [2.24, 2.45) is 0 Å². The van der Waals surface area contributed by atoms with Gasteiger partial charge in [-0.25, -0.2) is 17.9 Å². The second-order valence-electron chi connectivity index (χ2n) is 5.41. The average Bonchev–Trinajstić information content (AvgIpc) is 2.44. The van der Waals surface area contributed by atoms with Crippen molar-refractivity contribution in [3.63, 3.8) is 0 Å². The number of benzene rings is 1. The minimum atomic E-state index is -4.01. The van der Waals surface area contributed by atoms with E-state index in [-0.39, 0.29) is 11.7 Å². The van der Waals surface area contributed by atoms with Gasteiger partial charge in [-0.1, -0.05) is 30.3 Å². The van der Waals surface area contributed by atoms with E-state index >= 15 is 0 Å². The number of hydrogen-bond donors (Lipinski definition) is 3. The van der Waals surface area contributed by atoms with E-state index in [0.29, 0.717) is 12.8 Å². The normalized spacial score (nSPS) is 13.0. The first-order valence-electron chi connectivity index (χ1n) is 7.19. The molecule has 2 rings (SSSR count). The van der Waals surface area contributed by atoms with Gasteiger partial charge in [-0.3, -0.25) is 9.78 Å². The van der Waals surface area contributed by atoms with Crippen LogP contribution in [0.1, 0.15) is 24.6 Å². The molecule has 8 heteroatoms. The van der Waals surface area contributed by atoms with E-state index in [9.17, 15) is 18.0 Å². The van der Waals surface area contributed by atoms with Crippen LogP contribution in [0.15, 0.2) is 44.8 Å². The van der Waals surface area contributed by atoms with Gasteiger partial charge in [0.1, 0.15) is 0 Å². The van der Waals surface area contributed by atoms with Crippen molar-refractivity contribution in [2.75, 3.05) is 0 Å². The minimum absolute atomic E-state index is 0.0153. The highest BCUT2D eigenvalue weighted by Crippen LogP contribution is 2.09. The molecule has 0 radical (unpaired) electrons. The summed E-state index contributed by atoms with van der Waals surface area (Å²) >= 11 is 0. The molecule has 0 spiro atoms. The Morgan fingerprint density at radius 3 is 2.39 bits per heavy atom. The second kappa shape index (κ2) is 6.93. The summed E-state index contributed by atoms with van der Waals surface area (Å²) in [4.78, 5) is 26.7. The fraction of sp³-hybridized carbons (Fsp3) is 0.333. The molecule has 7 nitrogen and oxygen atoms in total. The van der Waals surface area contributed by atoms with Crippen molar-refractivity contribution in [2.45, 2.75) is 37.6 Å². The molecule has 0 aliphatic rings. The van der Waals surface area contributed by atoms with Crippen LogP contribution in [0.2, 0.25) is 0 Å². The molecule has 0 saturated carbocycles. The molecule has 0 aliphatic heterocycles. The van der Waals surface area contributed by atoms with Gasteiger partial charge in [0, 0.05) is 11.7 Å². The van der Waals surface area contributed by atoms with Crippen molar-refractivity contribution >= 4 is 10.0 Å². The van der Waals surface area contributed by atoms with Gasteiger partial charge >= 0.3 is 5.69 Å². The van der Waals surface area contributed by atoms with E-state index in [1.165, 1.54) is 6.92 Å². The zero-order chi connectivity index (χ0) is 17.0. The van der Waals surface area contributed by atoms with Crippen LogP contribution in [-0.2, 0) is 16.4 Å². The number of aromatic amines is 2. The first kappa shape index (κ1) is 17.2. The predicted molar refractivity (Wildman–Crippen MR) is 87.0 cm³/mol. The molecular formula is C15H19N3O4S. The third-order valence-electron chi connectivity index (χ3n) is 3.41. The number of H-pyrrole nitrogens is 2. The lowest BCUT2D eigenvalue weighted by Gasteiger charge is -2.14. The molecule has 1 heterocycles. The lowest BCUT2D eigenvalue weighted by Crippen LogP contribution is -2.38. The van der Waals surface area contributed by atoms with Crippen LogP contribution in [0.25, 0.3) is 0 Å². The summed E-state index contributed by atoms with van der Waals surface area (Å²) in [5.41, 5.74) is -0.532. The molecule has 0 bridgehead atoms. The molecule has 0 saturated heterocycles. The van der Waals surface area contributed by atoms with E-state index in [1.54, 1.807) is 6.92 Å². The topological polar surface area (TPSA) is 112 Å². The van der Waals surface area contributed by atoms with Crippen molar-refractivity contribution in [1.29, 1.82) is 0 Å². The minimum Gasteiger partial charge on any atom is -0.310 e. The summed E-state index contributed by atoms with van der Waals surface area (Å²) in [6.07, 6.45) is 1.30. The first-order chi connectivity index (χ1) is 10.8. The average molecular weight is 337 g/mol. The Labute approximate surface area is 133 Å². The van der Waals surface area contributed by atoms with Crippen LogP contribution in [0.3, 0.4) is 0 Å². The fourth-order valence-corrected chi connectivity index (χ4v) is 3.84. The summed E-state index contributed by atoms with van der Waals surface area (Å²) < 4.78 is 27.2. The van der Waals surface area contributed by atoms with Crippen molar-refractivity contribution < 1.29 is 8.42 Å². The zero-order valence-electron chi connectivity index (χ0n) is 12.9. The van der Waals surface area contributed by atoms with Gasteiger partial charge < -0.3 is 4.98 Å². The fourth-order valence-electron chi connectivity index (χ4n) is 2.32. The standard InChI is InChI=1S/C15H19N3O4S/c1-10(8-9-12-6-4-3-5-7-12)18-23(21,22)13-11(2)16-15(20)17-14(13)19/h3-7,10,18H,8-9H2,1-2H3,(H2,16,17,19,20). The summed E-state index contributed by atoms with van der Waals surface area (Å²) in [5, 5.41) is 0. The predicted octanol–water partition coefficient (Wildman–Crippen LogP) is 0.671. The molecule has 1 aromatic carbocycles. The number of rotatable bonds is 6. The molecule has 1 unspecified atom stereocenters. The molecule has 1 aromatic heterocycles. The van der Waals surface area contributed by atoms with Crippen molar-refractivity contribution in [3.05, 3.63) is 62.4 Å². The van der Waals surface area contributed by atoms with E-state index in [0.717, 1.165) is 5.56 Å². The highest BCUT2D eigenvalue weighted by atomic mass is 32.2. The van der Waals surface area contributed by atoms with Crippen LogP contribution < -0.4 is 16.0 Å². The maximum absolute atomic E-state index is 12.4. The number of hydrogen-bond acceptors (Lipinski definition) is 4. The largest absolute Gasteiger partial charge is 0.325 e. The summed E-state index contributed by atoms with van der Waals surface area (Å²) in [6.45, 7) is 3.11. The second-order valence-corrected chi connectivity index (χ2v) is 7.06. The summed E-state index contributed by atoms with van der Waals surface area (Å²) in [7, 11) is -4.01. The van der Waals surface area contributed by atoms with Crippen LogP contribution in [0, 0.1) is 6.92 Å². The lowest BCUT2D eigenvalue weighted by atomic mass is 10.1. The van der Waals surface area contributed by atoms with Crippen LogP contribution >= 0.6 is 0 Å². The smallest absolute Gasteiger partial charge is 0.310 e. The summed E-state index contributed by atoms with van der Waals surface area (Å²) in [5.74, 6) is 0. The molecule has 3 N–H and O–H groups in total. The Bertz CT molecular complexity index is 885. The first-order valence-corrected chi connectivity index (χ1v) is 8.67. The van der Waals surface area contributed by atoms with E-state index in [1.807, 2.05) is 35.3 Å². The molecule has 124 valence electrons. The molecule has 1 atom stereocenters. The third kappa shape index (κ3) is 4.40. The lowest BCUT2D eigenvalue weighted by molar-refractivity contribution is 0.544. The van der Waals surface area contributed by atoms with Gasteiger partial charge in [0.25, 0.3) is 5.56 Å². The van der Waals surface area contributed by atoms with Crippen LogP contribution in [-0.4, -0.2) is 24.4 Å². The SMILES string of the molecule is Cc1[nH]c(=O)[nH]c(=O)c1S(=O)(=O)NC(C)CCc1ccccc1. The number of nitrogens with one attached hydrogen (secondary N) is 3. The highest BCUT2D eigenvalue weighted by molar-refractivity contribution is 7.89. The van der Waals surface area contributed by atoms with Gasteiger partial charge in [0.05, 0.1) is 0 Å². The number of sulfonamides is 1. The Morgan fingerprint density at radius 2 is 1.78 bits per heavy atom. The van der Waals surface area contributed by atoms with Crippen LogP contribution in [0.5, 0.6) is 0 Å². The molecule has 0 aliphatic carbocycles. The Hall–Kier alpha value is -2.19. The highest BCUT2D eigenvalue weighted by Gasteiger charge is 2.23. The quantitative estimate of drug-likeness (QED) is 0.719. The molecule has 23 heavy (non-hydrogen) atoms.